The van der Waals surface area contributed by atoms with Gasteiger partial charge in [-0.05, 0) is 24.3 Å². The van der Waals surface area contributed by atoms with E-state index in [1.165, 1.54) is 12.5 Å². The summed E-state index contributed by atoms with van der Waals surface area (Å²) in [7, 11) is 0. The number of urea groups is 1. The molecule has 0 saturated carbocycles. The molecule has 0 spiro atoms. The van der Waals surface area contributed by atoms with Gasteiger partial charge >= 0.3 is 6.03 Å². The van der Waals surface area contributed by atoms with E-state index in [1.807, 2.05) is 4.90 Å². The van der Waals surface area contributed by atoms with Crippen LogP contribution >= 0.6 is 0 Å². The van der Waals surface area contributed by atoms with Crippen molar-refractivity contribution < 1.29 is 23.2 Å². The fraction of sp³-hybridized carbons (Fsp3) is 0.353. The van der Waals surface area contributed by atoms with E-state index in [2.05, 4.69) is 10.6 Å². The average Bonchev–Trinajstić information content (AvgIpc) is 3.33. The molecule has 9 heteroatoms. The maximum Gasteiger partial charge on any atom is 0.321 e. The number of amides is 4. The fourth-order valence-corrected chi connectivity index (χ4v) is 2.66. The first kappa shape index (κ1) is 17.7. The molecule has 2 aromatic rings. The summed E-state index contributed by atoms with van der Waals surface area (Å²) in [5.74, 6) is 0.360. The van der Waals surface area contributed by atoms with Crippen molar-refractivity contribution in [2.45, 2.75) is 6.54 Å². The Labute approximate surface area is 149 Å². The number of nitrogens with zero attached hydrogens (tertiary/aromatic N) is 2. The second-order valence-corrected chi connectivity index (χ2v) is 5.86. The smallest absolute Gasteiger partial charge is 0.321 e. The highest BCUT2D eigenvalue weighted by Crippen LogP contribution is 2.09. The second kappa shape index (κ2) is 8.34. The van der Waals surface area contributed by atoms with Gasteiger partial charge in [0, 0.05) is 26.2 Å². The van der Waals surface area contributed by atoms with Crippen molar-refractivity contribution in [3.8, 4) is 0 Å². The summed E-state index contributed by atoms with van der Waals surface area (Å²) < 4.78 is 10.2. The molecule has 1 fully saturated rings. The van der Waals surface area contributed by atoms with Crippen molar-refractivity contribution in [1.82, 2.24) is 20.4 Å². The number of piperazine rings is 1. The molecule has 0 atom stereocenters. The Morgan fingerprint density at radius 2 is 1.73 bits per heavy atom. The molecular weight excluding hydrogens is 340 g/mol. The molecule has 138 valence electrons. The summed E-state index contributed by atoms with van der Waals surface area (Å²) in [6.45, 7) is 2.40. The van der Waals surface area contributed by atoms with Gasteiger partial charge in [-0.2, -0.15) is 0 Å². The number of carbonyl (C=O) groups excluding carboxylic acids is 3. The normalized spacial score (nSPS) is 14.8. The molecule has 0 aliphatic carbocycles. The SMILES string of the molecule is O=C(CN1CCN(C(=O)c2ccco2)CC1)NC(=O)NCc1ccco1. The van der Waals surface area contributed by atoms with Crippen LogP contribution in [0.2, 0.25) is 0 Å². The first-order valence-electron chi connectivity index (χ1n) is 8.27. The lowest BCUT2D eigenvalue weighted by molar-refractivity contribution is -0.121. The van der Waals surface area contributed by atoms with Crippen molar-refractivity contribution in [3.63, 3.8) is 0 Å². The van der Waals surface area contributed by atoms with Gasteiger partial charge in [-0.15, -0.1) is 0 Å². The molecule has 4 amide bonds. The molecule has 0 aromatic carbocycles. The molecule has 3 heterocycles. The van der Waals surface area contributed by atoms with E-state index in [1.54, 1.807) is 29.2 Å². The van der Waals surface area contributed by atoms with Gasteiger partial charge < -0.3 is 19.1 Å². The van der Waals surface area contributed by atoms with E-state index < -0.39 is 11.9 Å². The molecule has 0 radical (unpaired) electrons. The fourth-order valence-electron chi connectivity index (χ4n) is 2.66. The van der Waals surface area contributed by atoms with Gasteiger partial charge in [0.05, 0.1) is 25.6 Å². The van der Waals surface area contributed by atoms with Crippen molar-refractivity contribution in [2.24, 2.45) is 0 Å². The van der Waals surface area contributed by atoms with Crippen LogP contribution in [-0.4, -0.2) is 60.4 Å². The zero-order chi connectivity index (χ0) is 18.4. The van der Waals surface area contributed by atoms with Crippen molar-refractivity contribution >= 4 is 17.8 Å². The number of furan rings is 2. The minimum atomic E-state index is -0.571. The van der Waals surface area contributed by atoms with Crippen LogP contribution < -0.4 is 10.6 Å². The van der Waals surface area contributed by atoms with E-state index in [0.717, 1.165) is 0 Å². The maximum absolute atomic E-state index is 12.2. The van der Waals surface area contributed by atoms with Crippen LogP contribution in [0.3, 0.4) is 0 Å². The molecule has 9 nitrogen and oxygen atoms in total. The third kappa shape index (κ3) is 4.73. The van der Waals surface area contributed by atoms with Gasteiger partial charge in [0.15, 0.2) is 5.76 Å². The minimum absolute atomic E-state index is 0.0942. The van der Waals surface area contributed by atoms with Gasteiger partial charge in [-0.25, -0.2) is 4.79 Å². The number of imide groups is 1. The van der Waals surface area contributed by atoms with E-state index >= 15 is 0 Å². The molecule has 0 unspecified atom stereocenters. The van der Waals surface area contributed by atoms with E-state index in [0.29, 0.717) is 37.7 Å². The third-order valence-electron chi connectivity index (χ3n) is 4.01. The van der Waals surface area contributed by atoms with Gasteiger partial charge in [-0.1, -0.05) is 0 Å². The quantitative estimate of drug-likeness (QED) is 0.811. The van der Waals surface area contributed by atoms with Crippen LogP contribution in [0, 0.1) is 0 Å². The van der Waals surface area contributed by atoms with Gasteiger partial charge in [0.1, 0.15) is 5.76 Å². The Balaban J connectivity index is 1.36. The highest BCUT2D eigenvalue weighted by atomic mass is 16.3. The lowest BCUT2D eigenvalue weighted by Crippen LogP contribution is -2.52. The van der Waals surface area contributed by atoms with Crippen LogP contribution in [0.1, 0.15) is 16.3 Å². The van der Waals surface area contributed by atoms with Crippen LogP contribution in [0.15, 0.2) is 45.6 Å². The first-order valence-corrected chi connectivity index (χ1v) is 8.27. The van der Waals surface area contributed by atoms with E-state index in [4.69, 9.17) is 8.83 Å². The van der Waals surface area contributed by atoms with Gasteiger partial charge in [-0.3, -0.25) is 19.8 Å². The predicted octanol–water partition coefficient (Wildman–Crippen LogP) is 0.656. The largest absolute Gasteiger partial charge is 0.467 e. The highest BCUT2D eigenvalue weighted by Gasteiger charge is 2.24. The number of hydrogen-bond donors (Lipinski definition) is 2. The van der Waals surface area contributed by atoms with Crippen molar-refractivity contribution in [1.29, 1.82) is 0 Å². The molecule has 1 saturated heterocycles. The second-order valence-electron chi connectivity index (χ2n) is 5.86. The zero-order valence-corrected chi connectivity index (χ0v) is 14.1. The molecule has 3 rings (SSSR count). The molecule has 1 aliphatic rings. The Kier molecular flexibility index (Phi) is 5.69. The monoisotopic (exact) mass is 360 g/mol. The Hall–Kier alpha value is -3.07. The molecule has 1 aliphatic heterocycles. The Morgan fingerprint density at radius 3 is 2.38 bits per heavy atom. The standard InChI is InChI=1S/C17H20N4O5/c22-15(19-17(24)18-11-13-3-1-9-25-13)12-20-5-7-21(8-6-20)16(23)14-4-2-10-26-14/h1-4,9-10H,5-8,11-12H2,(H2,18,19,22,24). The highest BCUT2D eigenvalue weighted by molar-refractivity contribution is 5.95. The molecule has 0 bridgehead atoms. The average molecular weight is 360 g/mol. The number of rotatable bonds is 5. The summed E-state index contributed by atoms with van der Waals surface area (Å²) in [5, 5.41) is 4.82. The summed E-state index contributed by atoms with van der Waals surface area (Å²) in [4.78, 5) is 39.4. The topological polar surface area (TPSA) is 108 Å². The number of nitrogens with one attached hydrogen (secondary N) is 2. The minimum Gasteiger partial charge on any atom is -0.467 e. The van der Waals surface area contributed by atoms with Gasteiger partial charge in [0.2, 0.25) is 5.91 Å². The van der Waals surface area contributed by atoms with Crippen LogP contribution in [0.4, 0.5) is 4.79 Å². The zero-order valence-electron chi connectivity index (χ0n) is 14.1. The molecule has 2 N–H and O–H groups in total. The maximum atomic E-state index is 12.2. The summed E-state index contributed by atoms with van der Waals surface area (Å²) in [6.07, 6.45) is 2.97. The van der Waals surface area contributed by atoms with E-state index in [9.17, 15) is 14.4 Å². The summed E-state index contributed by atoms with van der Waals surface area (Å²) in [6, 6.07) is 6.17. The van der Waals surface area contributed by atoms with Crippen LogP contribution in [0.5, 0.6) is 0 Å². The van der Waals surface area contributed by atoms with Gasteiger partial charge in [0.25, 0.3) is 5.91 Å². The number of carbonyl (C=O) groups is 3. The van der Waals surface area contributed by atoms with Crippen molar-refractivity contribution in [2.75, 3.05) is 32.7 Å². The van der Waals surface area contributed by atoms with Crippen LogP contribution in [0.25, 0.3) is 0 Å². The third-order valence-corrected chi connectivity index (χ3v) is 4.01. The predicted molar refractivity (Wildman–Crippen MR) is 90.1 cm³/mol. The Morgan fingerprint density at radius 1 is 1.00 bits per heavy atom. The number of hydrogen-bond acceptors (Lipinski definition) is 6. The van der Waals surface area contributed by atoms with Crippen molar-refractivity contribution in [3.05, 3.63) is 48.3 Å². The van der Waals surface area contributed by atoms with E-state index in [-0.39, 0.29) is 19.0 Å². The summed E-state index contributed by atoms with van der Waals surface area (Å²) in [5.41, 5.74) is 0. The summed E-state index contributed by atoms with van der Waals surface area (Å²) >= 11 is 0. The molecule has 26 heavy (non-hydrogen) atoms. The lowest BCUT2D eigenvalue weighted by atomic mass is 10.3. The molecule has 2 aromatic heterocycles. The Bertz CT molecular complexity index is 733. The van der Waals surface area contributed by atoms with Crippen LogP contribution in [-0.2, 0) is 11.3 Å². The molecular formula is C17H20N4O5. The lowest BCUT2D eigenvalue weighted by Gasteiger charge is -2.33. The first-order chi connectivity index (χ1) is 12.6.